The Morgan fingerprint density at radius 1 is 1.31 bits per heavy atom. The van der Waals surface area contributed by atoms with Gasteiger partial charge in [-0.05, 0) is 36.6 Å². The Labute approximate surface area is 171 Å². The zero-order valence-corrected chi connectivity index (χ0v) is 17.3. The number of aromatic nitrogens is 1. The molecule has 0 radical (unpaired) electrons. The van der Waals surface area contributed by atoms with E-state index in [-0.39, 0.29) is 11.8 Å². The van der Waals surface area contributed by atoms with E-state index >= 15 is 0 Å². The molecule has 1 aliphatic heterocycles. The molecule has 0 spiro atoms. The van der Waals surface area contributed by atoms with Crippen LogP contribution in [-0.2, 0) is 4.79 Å². The molecule has 0 unspecified atom stereocenters. The molecule has 29 heavy (non-hydrogen) atoms. The topological polar surface area (TPSA) is 110 Å². The first-order valence-electron chi connectivity index (χ1n) is 10.1. The lowest BCUT2D eigenvalue weighted by atomic mass is 9.92. The van der Waals surface area contributed by atoms with E-state index in [0.717, 1.165) is 60.5 Å². The van der Waals surface area contributed by atoms with Gasteiger partial charge in [0, 0.05) is 48.9 Å². The zero-order chi connectivity index (χ0) is 21.0. The van der Waals surface area contributed by atoms with Crippen molar-refractivity contribution >= 4 is 23.8 Å². The number of hydrogen-bond donors (Lipinski definition) is 4. The Hall–Kier alpha value is -3.09. The highest BCUT2D eigenvalue weighted by Crippen LogP contribution is 2.33. The lowest BCUT2D eigenvalue weighted by Gasteiger charge is -2.32. The smallest absolute Gasteiger partial charge is 0.225 e. The number of aromatic amines is 1. The fraction of sp³-hybridized carbons (Fsp3) is 0.409. The van der Waals surface area contributed by atoms with Crippen LogP contribution in [0.4, 0.5) is 5.69 Å². The summed E-state index contributed by atoms with van der Waals surface area (Å²) in [6.45, 7) is 5.43. The number of amides is 1. The first kappa shape index (κ1) is 20.6. The van der Waals surface area contributed by atoms with Crippen LogP contribution in [0.15, 0.2) is 35.3 Å². The molecule has 154 valence electrons. The summed E-state index contributed by atoms with van der Waals surface area (Å²) in [4.78, 5) is 21.6. The van der Waals surface area contributed by atoms with E-state index < -0.39 is 0 Å². The normalized spacial score (nSPS) is 15.6. The zero-order valence-electron chi connectivity index (χ0n) is 17.3. The minimum absolute atomic E-state index is 0.0351. The summed E-state index contributed by atoms with van der Waals surface area (Å²) in [5.41, 5.74) is 11.0. The molecular formula is C22H30N6O. The first-order valence-corrected chi connectivity index (χ1v) is 10.1. The standard InChI is InChI=1S/C22H30N6O/c1-14(2)22(29)28-10-8-16(9-11-28)19-12-18(20(27-19)21(24)26-13-23)15-4-6-17(25-3)7-5-15/h4-7,12-14,16,25,27H,8-11H2,1-3H3,(H3,23,24,26). The molecule has 1 aromatic carbocycles. The van der Waals surface area contributed by atoms with E-state index in [0.29, 0.717) is 11.8 Å². The van der Waals surface area contributed by atoms with Crippen LogP contribution in [0.3, 0.4) is 0 Å². The molecule has 1 aromatic heterocycles. The molecule has 0 aliphatic carbocycles. The van der Waals surface area contributed by atoms with Crippen molar-refractivity contribution in [2.24, 2.45) is 16.6 Å². The maximum atomic E-state index is 12.3. The Morgan fingerprint density at radius 2 is 1.97 bits per heavy atom. The van der Waals surface area contributed by atoms with Crippen LogP contribution in [-0.4, -0.2) is 48.1 Å². The van der Waals surface area contributed by atoms with Crippen LogP contribution in [0.1, 0.15) is 44.0 Å². The number of anilines is 1. The van der Waals surface area contributed by atoms with Crippen LogP contribution < -0.4 is 11.1 Å². The third-order valence-corrected chi connectivity index (χ3v) is 5.52. The number of carbonyl (C=O) groups excluding carboxylic acids is 1. The van der Waals surface area contributed by atoms with Crippen LogP contribution >= 0.6 is 0 Å². The average molecular weight is 395 g/mol. The van der Waals surface area contributed by atoms with Gasteiger partial charge in [0.05, 0.1) is 5.69 Å². The average Bonchev–Trinajstić information content (AvgIpc) is 3.19. The van der Waals surface area contributed by atoms with Crippen molar-refractivity contribution in [2.75, 3.05) is 25.5 Å². The highest BCUT2D eigenvalue weighted by Gasteiger charge is 2.27. The predicted octanol–water partition coefficient (Wildman–Crippen LogP) is 3.40. The molecule has 0 atom stereocenters. The van der Waals surface area contributed by atoms with Crippen LogP contribution in [0.2, 0.25) is 0 Å². The Kier molecular flexibility index (Phi) is 6.36. The minimum Gasteiger partial charge on any atom is -0.388 e. The van der Waals surface area contributed by atoms with Crippen molar-refractivity contribution in [3.8, 4) is 11.1 Å². The van der Waals surface area contributed by atoms with Crippen LogP contribution in [0.25, 0.3) is 11.1 Å². The first-order chi connectivity index (χ1) is 13.9. The maximum absolute atomic E-state index is 12.3. The van der Waals surface area contributed by atoms with Crippen LogP contribution in [0, 0.1) is 11.3 Å². The highest BCUT2D eigenvalue weighted by molar-refractivity contribution is 6.05. The number of piperidine rings is 1. The van der Waals surface area contributed by atoms with Gasteiger partial charge in [-0.15, -0.1) is 0 Å². The maximum Gasteiger partial charge on any atom is 0.225 e. The summed E-state index contributed by atoms with van der Waals surface area (Å²) in [5.74, 6) is 0.894. The summed E-state index contributed by atoms with van der Waals surface area (Å²) in [7, 11) is 1.89. The number of nitrogens with one attached hydrogen (secondary N) is 3. The molecule has 1 saturated heterocycles. The number of aliphatic imine (C=N–C) groups is 1. The minimum atomic E-state index is 0.0351. The van der Waals surface area contributed by atoms with Crippen LogP contribution in [0.5, 0.6) is 0 Å². The number of hydrogen-bond acceptors (Lipinski definition) is 3. The monoisotopic (exact) mass is 394 g/mol. The molecule has 0 bridgehead atoms. The van der Waals surface area contributed by atoms with Gasteiger partial charge in [-0.2, -0.15) is 0 Å². The quantitative estimate of drug-likeness (QED) is 0.445. The molecule has 0 saturated carbocycles. The van der Waals surface area contributed by atoms with Gasteiger partial charge in [-0.3, -0.25) is 10.2 Å². The molecule has 2 aromatic rings. The van der Waals surface area contributed by atoms with Gasteiger partial charge in [-0.1, -0.05) is 26.0 Å². The molecule has 7 nitrogen and oxygen atoms in total. The molecule has 1 fully saturated rings. The largest absolute Gasteiger partial charge is 0.388 e. The number of amidine groups is 1. The highest BCUT2D eigenvalue weighted by atomic mass is 16.2. The van der Waals surface area contributed by atoms with E-state index in [2.05, 4.69) is 21.4 Å². The van der Waals surface area contributed by atoms with E-state index in [4.69, 9.17) is 11.1 Å². The third-order valence-electron chi connectivity index (χ3n) is 5.52. The van der Waals surface area contributed by atoms with Gasteiger partial charge in [0.25, 0.3) is 0 Å². The summed E-state index contributed by atoms with van der Waals surface area (Å²) in [6.07, 6.45) is 2.79. The number of nitrogens with two attached hydrogens (primary N) is 1. The molecule has 1 amide bonds. The van der Waals surface area contributed by atoms with Gasteiger partial charge < -0.3 is 20.9 Å². The van der Waals surface area contributed by atoms with Gasteiger partial charge in [-0.25, -0.2) is 4.99 Å². The number of nitrogens with zero attached hydrogens (tertiary/aromatic N) is 2. The van der Waals surface area contributed by atoms with Gasteiger partial charge in [0.15, 0.2) is 0 Å². The summed E-state index contributed by atoms with van der Waals surface area (Å²) >= 11 is 0. The predicted molar refractivity (Wildman–Crippen MR) is 119 cm³/mol. The van der Waals surface area contributed by atoms with E-state index in [9.17, 15) is 4.79 Å². The van der Waals surface area contributed by atoms with E-state index in [1.807, 2.05) is 50.1 Å². The molecule has 5 N–H and O–H groups in total. The number of carbonyl (C=O) groups is 1. The van der Waals surface area contributed by atoms with Gasteiger partial charge >= 0.3 is 0 Å². The number of rotatable bonds is 6. The SMILES string of the molecule is CNc1ccc(-c2cc(C3CCN(C(=O)C(C)C)CC3)[nH]c2/C(N)=N\C=N)cc1. The molecule has 1 aliphatic rings. The van der Waals surface area contributed by atoms with Crippen molar-refractivity contribution in [3.05, 3.63) is 41.7 Å². The second-order valence-corrected chi connectivity index (χ2v) is 7.74. The Morgan fingerprint density at radius 3 is 2.52 bits per heavy atom. The Bertz CT molecular complexity index is 889. The second kappa shape index (κ2) is 8.94. The third kappa shape index (κ3) is 4.50. The Balaban J connectivity index is 1.88. The van der Waals surface area contributed by atoms with Gasteiger partial charge in [0.1, 0.15) is 12.2 Å². The van der Waals surface area contributed by atoms with Crippen molar-refractivity contribution in [1.29, 1.82) is 5.41 Å². The van der Waals surface area contributed by atoms with E-state index in [1.54, 1.807) is 0 Å². The number of likely N-dealkylation sites (tertiary alicyclic amines) is 1. The lowest BCUT2D eigenvalue weighted by molar-refractivity contribution is -0.135. The molecule has 7 heteroatoms. The fourth-order valence-electron chi connectivity index (χ4n) is 3.85. The lowest BCUT2D eigenvalue weighted by Crippen LogP contribution is -2.40. The van der Waals surface area contributed by atoms with E-state index in [1.165, 1.54) is 0 Å². The summed E-state index contributed by atoms with van der Waals surface area (Å²) in [5, 5.41) is 10.4. The van der Waals surface area contributed by atoms with Crippen molar-refractivity contribution < 1.29 is 4.79 Å². The summed E-state index contributed by atoms with van der Waals surface area (Å²) < 4.78 is 0. The second-order valence-electron chi connectivity index (χ2n) is 7.74. The van der Waals surface area contributed by atoms with Crippen molar-refractivity contribution in [3.63, 3.8) is 0 Å². The number of H-pyrrole nitrogens is 1. The molecule has 2 heterocycles. The fourth-order valence-corrected chi connectivity index (χ4v) is 3.85. The van der Waals surface area contributed by atoms with Crippen molar-refractivity contribution in [2.45, 2.75) is 32.6 Å². The van der Waals surface area contributed by atoms with Crippen molar-refractivity contribution in [1.82, 2.24) is 9.88 Å². The number of benzene rings is 1. The molecular weight excluding hydrogens is 364 g/mol. The van der Waals surface area contributed by atoms with Gasteiger partial charge in [0.2, 0.25) is 5.91 Å². The summed E-state index contributed by atoms with van der Waals surface area (Å²) in [6, 6.07) is 10.3. The molecule has 3 rings (SSSR count).